The van der Waals surface area contributed by atoms with E-state index in [0.717, 1.165) is 51.4 Å². The van der Waals surface area contributed by atoms with Crippen LogP contribution in [0.4, 0.5) is 0 Å². The number of esters is 2. The fraction of sp³-hybridized carbons (Fsp3) is 0.800. The molecule has 0 saturated carbocycles. The molecule has 1 heterocycles. The molecule has 2 aliphatic rings. The van der Waals surface area contributed by atoms with Crippen LogP contribution in [0.5, 0.6) is 0 Å². The Hall–Kier alpha value is -1.12. The number of carbonyl (C=O) groups is 2. The molecule has 0 radical (unpaired) electrons. The predicted molar refractivity (Wildman–Crippen MR) is 91.7 cm³/mol. The smallest absolute Gasteiger partial charge is 0.318 e. The standard InChI is InChI=1S/C20H32O3/c1-5-9-11-15-13(7-3)14(8-4)17-18(16(15)12-10-6-2)20(22)23-19(17)21/h14,16-18H,5-12H2,1-4H3. The quantitative estimate of drug-likeness (QED) is 0.357. The van der Waals surface area contributed by atoms with Crippen molar-refractivity contribution in [3.8, 4) is 0 Å². The van der Waals surface area contributed by atoms with Crippen LogP contribution in [0.25, 0.3) is 0 Å². The lowest BCUT2D eigenvalue weighted by atomic mass is 9.61. The number of fused-ring (bicyclic) bond motifs is 1. The Labute approximate surface area is 140 Å². The Balaban J connectivity index is 2.47. The summed E-state index contributed by atoms with van der Waals surface area (Å²) in [6.45, 7) is 8.73. The van der Waals surface area contributed by atoms with Crippen molar-refractivity contribution in [3.63, 3.8) is 0 Å². The summed E-state index contributed by atoms with van der Waals surface area (Å²) in [5.41, 5.74) is 2.94. The van der Waals surface area contributed by atoms with Gasteiger partial charge >= 0.3 is 11.9 Å². The summed E-state index contributed by atoms with van der Waals surface area (Å²) in [6.07, 6.45) is 8.56. The van der Waals surface area contributed by atoms with Crippen LogP contribution in [0, 0.1) is 23.7 Å². The maximum atomic E-state index is 12.4. The molecule has 0 aromatic rings. The molecule has 0 aromatic carbocycles. The first-order valence-corrected chi connectivity index (χ1v) is 9.57. The molecule has 4 unspecified atom stereocenters. The summed E-state index contributed by atoms with van der Waals surface area (Å²) in [4.78, 5) is 24.7. The summed E-state index contributed by atoms with van der Waals surface area (Å²) in [5.74, 6) is -0.551. The largest absolute Gasteiger partial charge is 0.393 e. The molecule has 3 heteroatoms. The molecular weight excluding hydrogens is 288 g/mol. The zero-order chi connectivity index (χ0) is 17.0. The lowest BCUT2D eigenvalue weighted by Crippen LogP contribution is -2.38. The molecule has 3 nitrogen and oxygen atoms in total. The van der Waals surface area contributed by atoms with Crippen molar-refractivity contribution < 1.29 is 14.3 Å². The Morgan fingerprint density at radius 2 is 1.43 bits per heavy atom. The molecular formula is C20H32O3. The van der Waals surface area contributed by atoms with Gasteiger partial charge in [-0.3, -0.25) is 9.59 Å². The van der Waals surface area contributed by atoms with E-state index in [-0.39, 0.29) is 35.6 Å². The van der Waals surface area contributed by atoms with Gasteiger partial charge in [0.1, 0.15) is 0 Å². The molecule has 0 spiro atoms. The van der Waals surface area contributed by atoms with E-state index in [1.807, 2.05) is 0 Å². The second kappa shape index (κ2) is 8.12. The molecule has 0 bridgehead atoms. The van der Waals surface area contributed by atoms with Crippen molar-refractivity contribution in [1.29, 1.82) is 0 Å². The highest BCUT2D eigenvalue weighted by molar-refractivity contribution is 5.97. The van der Waals surface area contributed by atoms with Gasteiger partial charge in [-0.05, 0) is 43.9 Å². The van der Waals surface area contributed by atoms with Crippen molar-refractivity contribution in [3.05, 3.63) is 11.1 Å². The van der Waals surface area contributed by atoms with E-state index in [1.54, 1.807) is 0 Å². The van der Waals surface area contributed by atoms with E-state index in [1.165, 1.54) is 11.1 Å². The molecule has 23 heavy (non-hydrogen) atoms. The van der Waals surface area contributed by atoms with Crippen LogP contribution in [0.15, 0.2) is 11.1 Å². The highest BCUT2D eigenvalue weighted by Crippen LogP contribution is 2.51. The van der Waals surface area contributed by atoms with E-state index in [0.29, 0.717) is 0 Å². The predicted octanol–water partition coefficient (Wildman–Crippen LogP) is 5.05. The lowest BCUT2D eigenvalue weighted by molar-refractivity contribution is -0.154. The molecule has 0 amide bonds. The molecule has 1 aliphatic heterocycles. The van der Waals surface area contributed by atoms with Gasteiger partial charge in [-0.2, -0.15) is 0 Å². The van der Waals surface area contributed by atoms with Crippen molar-refractivity contribution in [2.75, 3.05) is 0 Å². The molecule has 4 atom stereocenters. The normalized spacial score (nSPS) is 30.6. The topological polar surface area (TPSA) is 43.4 Å². The first-order chi connectivity index (χ1) is 11.1. The average Bonchev–Trinajstić information content (AvgIpc) is 2.84. The van der Waals surface area contributed by atoms with Crippen LogP contribution >= 0.6 is 0 Å². The number of ether oxygens (including phenoxy) is 1. The number of hydrogen-bond donors (Lipinski definition) is 0. The number of carbonyl (C=O) groups excluding carboxylic acids is 2. The number of allylic oxidation sites excluding steroid dienone is 2. The van der Waals surface area contributed by atoms with Crippen molar-refractivity contribution >= 4 is 11.9 Å². The van der Waals surface area contributed by atoms with Crippen molar-refractivity contribution in [1.82, 2.24) is 0 Å². The minimum Gasteiger partial charge on any atom is -0.393 e. The highest BCUT2D eigenvalue weighted by atomic mass is 16.6. The minimum atomic E-state index is -0.270. The monoisotopic (exact) mass is 320 g/mol. The third-order valence-corrected chi connectivity index (χ3v) is 5.80. The van der Waals surface area contributed by atoms with Crippen LogP contribution in [0.3, 0.4) is 0 Å². The molecule has 1 saturated heterocycles. The fourth-order valence-corrected chi connectivity index (χ4v) is 4.75. The van der Waals surface area contributed by atoms with Gasteiger partial charge in [0.2, 0.25) is 0 Å². The molecule has 1 fully saturated rings. The van der Waals surface area contributed by atoms with E-state index in [2.05, 4.69) is 27.7 Å². The average molecular weight is 320 g/mol. The van der Waals surface area contributed by atoms with Crippen LogP contribution in [0.2, 0.25) is 0 Å². The zero-order valence-electron chi connectivity index (χ0n) is 15.2. The maximum Gasteiger partial charge on any atom is 0.318 e. The first-order valence-electron chi connectivity index (χ1n) is 9.57. The zero-order valence-corrected chi connectivity index (χ0v) is 15.2. The summed E-state index contributed by atoms with van der Waals surface area (Å²) < 4.78 is 5.09. The number of unbranched alkanes of at least 4 members (excludes halogenated alkanes) is 2. The molecule has 130 valence electrons. The van der Waals surface area contributed by atoms with E-state index < -0.39 is 0 Å². The Morgan fingerprint density at radius 1 is 0.826 bits per heavy atom. The van der Waals surface area contributed by atoms with E-state index in [4.69, 9.17) is 4.74 Å². The third-order valence-electron chi connectivity index (χ3n) is 5.80. The van der Waals surface area contributed by atoms with E-state index in [9.17, 15) is 9.59 Å². The number of rotatable bonds is 8. The summed E-state index contributed by atoms with van der Waals surface area (Å²) in [6, 6.07) is 0. The van der Waals surface area contributed by atoms with Crippen LogP contribution < -0.4 is 0 Å². The lowest BCUT2D eigenvalue weighted by Gasteiger charge is -2.40. The van der Waals surface area contributed by atoms with Gasteiger partial charge in [-0.1, -0.05) is 58.1 Å². The molecule has 1 aliphatic carbocycles. The summed E-state index contributed by atoms with van der Waals surface area (Å²) in [5, 5.41) is 0. The number of hydrogen-bond acceptors (Lipinski definition) is 3. The van der Waals surface area contributed by atoms with Crippen LogP contribution in [0.1, 0.15) is 79.1 Å². The van der Waals surface area contributed by atoms with Gasteiger partial charge in [0.25, 0.3) is 0 Å². The van der Waals surface area contributed by atoms with Gasteiger partial charge in [-0.15, -0.1) is 0 Å². The van der Waals surface area contributed by atoms with Gasteiger partial charge in [-0.25, -0.2) is 0 Å². The number of cyclic esters (lactones) is 2. The second-order valence-corrected chi connectivity index (χ2v) is 7.06. The Bertz CT molecular complexity index is 477. The Morgan fingerprint density at radius 3 is 1.96 bits per heavy atom. The fourth-order valence-electron chi connectivity index (χ4n) is 4.75. The van der Waals surface area contributed by atoms with Crippen LogP contribution in [-0.4, -0.2) is 11.9 Å². The summed E-state index contributed by atoms with van der Waals surface area (Å²) in [7, 11) is 0. The molecule has 0 aromatic heterocycles. The van der Waals surface area contributed by atoms with Crippen molar-refractivity contribution in [2.45, 2.75) is 79.1 Å². The van der Waals surface area contributed by atoms with E-state index >= 15 is 0 Å². The summed E-state index contributed by atoms with van der Waals surface area (Å²) >= 11 is 0. The second-order valence-electron chi connectivity index (χ2n) is 7.06. The maximum absolute atomic E-state index is 12.4. The third kappa shape index (κ3) is 3.39. The highest BCUT2D eigenvalue weighted by Gasteiger charge is 2.55. The van der Waals surface area contributed by atoms with Crippen LogP contribution in [-0.2, 0) is 14.3 Å². The van der Waals surface area contributed by atoms with Crippen molar-refractivity contribution in [2.24, 2.45) is 23.7 Å². The van der Waals surface area contributed by atoms with Gasteiger partial charge < -0.3 is 4.74 Å². The van der Waals surface area contributed by atoms with Gasteiger partial charge in [0.05, 0.1) is 11.8 Å². The van der Waals surface area contributed by atoms with Gasteiger partial charge in [0, 0.05) is 0 Å². The molecule has 2 rings (SSSR count). The molecule has 0 N–H and O–H groups in total. The first kappa shape index (κ1) is 18.2. The Kier molecular flexibility index (Phi) is 6.43. The van der Waals surface area contributed by atoms with Gasteiger partial charge in [0.15, 0.2) is 0 Å². The minimum absolute atomic E-state index is 0.202. The SMILES string of the molecule is CCCCC1=C(CC)C(CC)C2C(=O)OC(=O)C2C1CCCC.